The lowest BCUT2D eigenvalue weighted by Gasteiger charge is -2.23. The topological polar surface area (TPSA) is 136 Å². The Balaban J connectivity index is 1.53. The van der Waals surface area contributed by atoms with E-state index in [-0.39, 0.29) is 11.5 Å². The van der Waals surface area contributed by atoms with Crippen LogP contribution in [0.5, 0.6) is 0 Å². The number of aliphatic carboxylic acids is 1. The molecular weight excluding hydrogens is 460 g/mol. The lowest BCUT2D eigenvalue weighted by Crippen LogP contribution is -2.35. The van der Waals surface area contributed by atoms with Crippen LogP contribution in [-0.4, -0.2) is 47.1 Å². The van der Waals surface area contributed by atoms with E-state index in [0.717, 1.165) is 17.8 Å². The monoisotopic (exact) mass is 488 g/mol. The standard InChI is InChI=1S/C26H28N6O4/c1-2-27-26(36)31-23-15-21(29-17-7-4-3-5-8-17)20(16-28-23)24(33)30-18-10-12-19(13-11-18)32-14-6-9-22(32)25(34)35/h3-5,7-8,10-13,15-16,22H,2,6,9,14H2,1H3,(H,30,33)(H,34,35)(H3,27,28,29,31,36)/t22-/m0/s1. The van der Waals surface area contributed by atoms with Gasteiger partial charge in [-0.25, -0.2) is 14.6 Å². The highest BCUT2D eigenvalue weighted by Crippen LogP contribution is 2.28. The second-order valence-corrected chi connectivity index (χ2v) is 8.28. The molecule has 1 aliphatic heterocycles. The summed E-state index contributed by atoms with van der Waals surface area (Å²) in [6, 6.07) is 17.1. The molecule has 186 valence electrons. The minimum absolute atomic E-state index is 0.287. The highest BCUT2D eigenvalue weighted by atomic mass is 16.4. The fraction of sp³-hybridized carbons (Fsp3) is 0.231. The Kier molecular flexibility index (Phi) is 7.64. The molecule has 1 aliphatic rings. The lowest BCUT2D eigenvalue weighted by atomic mass is 10.1. The van der Waals surface area contributed by atoms with E-state index in [1.807, 2.05) is 42.2 Å². The molecule has 0 bridgehead atoms. The summed E-state index contributed by atoms with van der Waals surface area (Å²) in [5, 5.41) is 20.8. The van der Waals surface area contributed by atoms with E-state index in [1.54, 1.807) is 30.3 Å². The van der Waals surface area contributed by atoms with Crippen molar-refractivity contribution in [3.05, 3.63) is 72.4 Å². The average Bonchev–Trinajstić information content (AvgIpc) is 3.36. The normalized spacial score (nSPS) is 14.7. The van der Waals surface area contributed by atoms with Crippen molar-refractivity contribution in [1.82, 2.24) is 10.3 Å². The van der Waals surface area contributed by atoms with Crippen molar-refractivity contribution in [3.8, 4) is 0 Å². The Morgan fingerprint density at radius 1 is 1.03 bits per heavy atom. The van der Waals surface area contributed by atoms with Crippen molar-refractivity contribution in [1.29, 1.82) is 0 Å². The van der Waals surface area contributed by atoms with Crippen molar-refractivity contribution in [3.63, 3.8) is 0 Å². The van der Waals surface area contributed by atoms with Crippen molar-refractivity contribution < 1.29 is 19.5 Å². The Hall–Kier alpha value is -4.60. The minimum Gasteiger partial charge on any atom is -0.480 e. The summed E-state index contributed by atoms with van der Waals surface area (Å²) in [6.45, 7) is 2.96. The summed E-state index contributed by atoms with van der Waals surface area (Å²) < 4.78 is 0. The maximum atomic E-state index is 13.2. The van der Waals surface area contributed by atoms with Gasteiger partial charge < -0.3 is 26.0 Å². The fourth-order valence-corrected chi connectivity index (χ4v) is 4.07. The van der Waals surface area contributed by atoms with Crippen LogP contribution in [0.15, 0.2) is 66.9 Å². The van der Waals surface area contributed by atoms with Gasteiger partial charge in [0.15, 0.2) is 0 Å². The molecule has 10 nitrogen and oxygen atoms in total. The quantitative estimate of drug-likeness (QED) is 0.319. The predicted octanol–water partition coefficient (Wildman–Crippen LogP) is 4.27. The number of hydrogen-bond acceptors (Lipinski definition) is 6. The van der Waals surface area contributed by atoms with Crippen LogP contribution >= 0.6 is 0 Å². The number of urea groups is 1. The van der Waals surface area contributed by atoms with Crippen molar-refractivity contribution in [2.24, 2.45) is 0 Å². The number of para-hydroxylation sites is 1. The predicted molar refractivity (Wildman–Crippen MR) is 139 cm³/mol. The number of amides is 3. The van der Waals surface area contributed by atoms with Gasteiger partial charge in [-0.3, -0.25) is 10.1 Å². The molecule has 0 spiro atoms. The van der Waals surface area contributed by atoms with E-state index < -0.39 is 18.0 Å². The van der Waals surface area contributed by atoms with Crippen LogP contribution in [0, 0.1) is 0 Å². The van der Waals surface area contributed by atoms with E-state index in [9.17, 15) is 19.5 Å². The Bertz CT molecular complexity index is 1230. The summed E-state index contributed by atoms with van der Waals surface area (Å²) in [4.78, 5) is 42.7. The molecule has 3 amide bonds. The molecule has 10 heteroatoms. The molecule has 0 radical (unpaired) electrons. The molecule has 2 aromatic carbocycles. The molecule has 0 saturated carbocycles. The van der Waals surface area contributed by atoms with Crippen molar-refractivity contribution >= 4 is 46.5 Å². The highest BCUT2D eigenvalue weighted by molar-refractivity contribution is 6.08. The van der Waals surface area contributed by atoms with Gasteiger partial charge in [0.05, 0.1) is 11.3 Å². The number of nitrogens with one attached hydrogen (secondary N) is 4. The lowest BCUT2D eigenvalue weighted by molar-refractivity contribution is -0.138. The van der Waals surface area contributed by atoms with Gasteiger partial charge >= 0.3 is 12.0 Å². The maximum absolute atomic E-state index is 13.2. The first-order valence-corrected chi connectivity index (χ1v) is 11.7. The van der Waals surface area contributed by atoms with Crippen molar-refractivity contribution in [2.45, 2.75) is 25.8 Å². The summed E-state index contributed by atoms with van der Waals surface area (Å²) >= 11 is 0. The van der Waals surface area contributed by atoms with Gasteiger partial charge in [-0.2, -0.15) is 0 Å². The number of hydrogen-bond donors (Lipinski definition) is 5. The average molecular weight is 489 g/mol. The van der Waals surface area contributed by atoms with Gasteiger partial charge in [-0.05, 0) is 56.2 Å². The van der Waals surface area contributed by atoms with Gasteiger partial charge in [-0.1, -0.05) is 18.2 Å². The molecule has 1 aromatic heterocycles. The van der Waals surface area contributed by atoms with E-state index in [1.165, 1.54) is 6.20 Å². The summed E-state index contributed by atoms with van der Waals surface area (Å²) in [5.74, 6) is -0.928. The van der Waals surface area contributed by atoms with Gasteiger partial charge in [0.1, 0.15) is 11.9 Å². The molecule has 0 aliphatic carbocycles. The molecule has 1 atom stereocenters. The Morgan fingerprint density at radius 3 is 2.47 bits per heavy atom. The first-order chi connectivity index (χ1) is 17.4. The van der Waals surface area contributed by atoms with Gasteiger partial charge in [0.25, 0.3) is 5.91 Å². The van der Waals surface area contributed by atoms with Crippen LogP contribution in [-0.2, 0) is 4.79 Å². The van der Waals surface area contributed by atoms with Crippen LogP contribution < -0.4 is 26.2 Å². The van der Waals surface area contributed by atoms with Crippen LogP contribution in [0.4, 0.5) is 33.4 Å². The number of pyridine rings is 1. The first kappa shape index (κ1) is 24.5. The number of benzene rings is 2. The zero-order chi connectivity index (χ0) is 25.5. The van der Waals surface area contributed by atoms with Gasteiger partial charge in [-0.15, -0.1) is 0 Å². The van der Waals surface area contributed by atoms with Gasteiger partial charge in [0, 0.05) is 42.4 Å². The molecule has 1 fully saturated rings. The number of rotatable bonds is 8. The number of carbonyl (C=O) groups is 3. The Labute approximate surface area is 208 Å². The van der Waals surface area contributed by atoms with Crippen LogP contribution in [0.25, 0.3) is 0 Å². The molecule has 4 rings (SSSR count). The molecule has 3 aromatic rings. The molecule has 1 saturated heterocycles. The smallest absolute Gasteiger partial charge is 0.326 e. The molecule has 5 N–H and O–H groups in total. The molecule has 36 heavy (non-hydrogen) atoms. The number of nitrogens with zero attached hydrogens (tertiary/aromatic N) is 2. The second-order valence-electron chi connectivity index (χ2n) is 8.28. The Morgan fingerprint density at radius 2 is 1.78 bits per heavy atom. The number of carbonyl (C=O) groups excluding carboxylic acids is 2. The zero-order valence-corrected chi connectivity index (χ0v) is 19.8. The van der Waals surface area contributed by atoms with Crippen LogP contribution in [0.1, 0.15) is 30.1 Å². The third kappa shape index (κ3) is 5.90. The number of anilines is 5. The van der Waals surface area contributed by atoms with Crippen molar-refractivity contribution in [2.75, 3.05) is 33.9 Å². The fourth-order valence-electron chi connectivity index (χ4n) is 4.07. The summed E-state index contributed by atoms with van der Waals surface area (Å²) in [7, 11) is 0. The highest BCUT2D eigenvalue weighted by Gasteiger charge is 2.30. The molecule has 2 heterocycles. The first-order valence-electron chi connectivity index (χ1n) is 11.7. The third-order valence-electron chi connectivity index (χ3n) is 5.77. The zero-order valence-electron chi connectivity index (χ0n) is 19.8. The summed E-state index contributed by atoms with van der Waals surface area (Å²) in [6.07, 6.45) is 2.84. The molecular formula is C26H28N6O4. The maximum Gasteiger partial charge on any atom is 0.326 e. The van der Waals surface area contributed by atoms with E-state index in [0.29, 0.717) is 36.7 Å². The minimum atomic E-state index is -0.832. The summed E-state index contributed by atoms with van der Waals surface area (Å²) in [5.41, 5.74) is 2.88. The van der Waals surface area contributed by atoms with Crippen LogP contribution in [0.2, 0.25) is 0 Å². The SMILES string of the molecule is CCNC(=O)Nc1cc(Nc2ccccc2)c(C(=O)Nc2ccc(N3CCC[C@H]3C(=O)O)cc2)cn1. The number of carboxylic acid groups (broad SMARTS) is 1. The second kappa shape index (κ2) is 11.2. The number of aromatic nitrogens is 1. The van der Waals surface area contributed by atoms with E-state index >= 15 is 0 Å². The largest absolute Gasteiger partial charge is 0.480 e. The molecule has 0 unspecified atom stereocenters. The van der Waals surface area contributed by atoms with E-state index in [4.69, 9.17) is 0 Å². The van der Waals surface area contributed by atoms with Gasteiger partial charge in [0.2, 0.25) is 0 Å². The van der Waals surface area contributed by atoms with E-state index in [2.05, 4.69) is 26.3 Å². The third-order valence-corrected chi connectivity index (χ3v) is 5.77. The van der Waals surface area contributed by atoms with Crippen LogP contribution in [0.3, 0.4) is 0 Å². The number of carboxylic acids is 1.